The van der Waals surface area contributed by atoms with Crippen LogP contribution in [0.15, 0.2) is 65.4 Å². The van der Waals surface area contributed by atoms with E-state index < -0.39 is 0 Å². The zero-order chi connectivity index (χ0) is 21.2. The van der Waals surface area contributed by atoms with E-state index in [4.69, 9.17) is 20.9 Å². The molecular formula is C23H19ClN4O3. The normalized spacial score (nSPS) is 16.4. The highest BCUT2D eigenvalue weighted by atomic mass is 35.5. The molecule has 8 heteroatoms. The van der Waals surface area contributed by atoms with Crippen molar-refractivity contribution in [3.8, 4) is 17.3 Å². The van der Waals surface area contributed by atoms with Gasteiger partial charge in [0.2, 0.25) is 0 Å². The summed E-state index contributed by atoms with van der Waals surface area (Å²) in [6, 6.07) is 15.5. The molecule has 0 N–H and O–H groups in total. The van der Waals surface area contributed by atoms with Crippen molar-refractivity contribution in [1.29, 1.82) is 0 Å². The number of hydrogen-bond acceptors (Lipinski definition) is 6. The molecule has 1 aliphatic rings. The highest BCUT2D eigenvalue weighted by Gasteiger charge is 2.27. The van der Waals surface area contributed by atoms with Crippen LogP contribution < -0.4 is 4.74 Å². The molecule has 2 aromatic heterocycles. The number of carbonyl (C=O) groups is 1. The van der Waals surface area contributed by atoms with Gasteiger partial charge in [-0.25, -0.2) is 9.97 Å². The maximum atomic E-state index is 13.2. The molecule has 7 nitrogen and oxygen atoms in total. The number of amides is 1. The molecule has 1 unspecified atom stereocenters. The summed E-state index contributed by atoms with van der Waals surface area (Å²) < 4.78 is 11.4. The zero-order valence-corrected chi connectivity index (χ0v) is 17.3. The fraction of sp³-hybridized carbons (Fsp3) is 0.217. The number of benzene rings is 2. The van der Waals surface area contributed by atoms with Crippen LogP contribution in [-0.2, 0) is 0 Å². The zero-order valence-electron chi connectivity index (χ0n) is 16.6. The van der Waals surface area contributed by atoms with Gasteiger partial charge in [-0.3, -0.25) is 4.79 Å². The van der Waals surface area contributed by atoms with Crippen molar-refractivity contribution >= 4 is 28.4 Å². The molecule has 0 radical (unpaired) electrons. The maximum absolute atomic E-state index is 13.2. The molecule has 3 heterocycles. The van der Waals surface area contributed by atoms with E-state index in [1.807, 2.05) is 42.5 Å². The fourth-order valence-electron chi connectivity index (χ4n) is 3.78. The third kappa shape index (κ3) is 4.09. The van der Waals surface area contributed by atoms with Crippen LogP contribution in [-0.4, -0.2) is 45.1 Å². The molecule has 5 rings (SSSR count). The van der Waals surface area contributed by atoms with E-state index in [1.54, 1.807) is 11.0 Å². The number of rotatable bonds is 4. The number of fused-ring (bicyclic) bond motifs is 1. The van der Waals surface area contributed by atoms with Gasteiger partial charge in [-0.2, -0.15) is 0 Å². The molecule has 2 aromatic carbocycles. The largest absolute Gasteiger partial charge is 0.458 e. The standard InChI is InChI=1S/C23H19ClN4O3/c24-17-12-25-23(26-13-17)30-18-7-4-10-28(14-18)22(29)16-8-9-20-19(11-16)21(31-27-20)15-5-2-1-3-6-15/h1-3,5-6,8-9,11-13,18H,4,7,10,14H2. The quantitative estimate of drug-likeness (QED) is 0.466. The number of piperidine rings is 1. The van der Waals surface area contributed by atoms with Crippen molar-refractivity contribution in [2.24, 2.45) is 0 Å². The molecule has 0 spiro atoms. The number of nitrogens with zero attached hydrogens (tertiary/aromatic N) is 4. The van der Waals surface area contributed by atoms with Crippen molar-refractivity contribution in [2.75, 3.05) is 13.1 Å². The summed E-state index contributed by atoms with van der Waals surface area (Å²) in [4.78, 5) is 23.2. The Morgan fingerprint density at radius 3 is 2.74 bits per heavy atom. The van der Waals surface area contributed by atoms with Crippen molar-refractivity contribution in [2.45, 2.75) is 18.9 Å². The van der Waals surface area contributed by atoms with Gasteiger partial charge in [-0.1, -0.05) is 47.1 Å². The van der Waals surface area contributed by atoms with Gasteiger partial charge >= 0.3 is 6.01 Å². The second-order valence-corrected chi connectivity index (χ2v) is 7.86. The topological polar surface area (TPSA) is 81.4 Å². The van der Waals surface area contributed by atoms with E-state index in [-0.39, 0.29) is 18.0 Å². The van der Waals surface area contributed by atoms with Gasteiger partial charge in [0.1, 0.15) is 11.6 Å². The molecule has 0 bridgehead atoms. The van der Waals surface area contributed by atoms with Crippen molar-refractivity contribution < 1.29 is 14.1 Å². The van der Waals surface area contributed by atoms with Crippen molar-refractivity contribution in [1.82, 2.24) is 20.0 Å². The predicted octanol–water partition coefficient (Wildman–Crippen LogP) is 4.62. The highest BCUT2D eigenvalue weighted by molar-refractivity contribution is 6.30. The molecule has 0 aliphatic carbocycles. The van der Waals surface area contributed by atoms with Gasteiger partial charge in [0, 0.05) is 17.7 Å². The summed E-state index contributed by atoms with van der Waals surface area (Å²) in [5, 5.41) is 5.40. The third-order valence-corrected chi connectivity index (χ3v) is 5.49. The van der Waals surface area contributed by atoms with Crippen LogP contribution in [0, 0.1) is 0 Å². The first-order valence-electron chi connectivity index (χ1n) is 10.1. The number of carbonyl (C=O) groups excluding carboxylic acids is 1. The van der Waals surface area contributed by atoms with Gasteiger partial charge < -0.3 is 14.2 Å². The van der Waals surface area contributed by atoms with Crippen LogP contribution >= 0.6 is 11.6 Å². The van der Waals surface area contributed by atoms with Crippen molar-refractivity contribution in [3.05, 3.63) is 71.5 Å². The average molecular weight is 435 g/mol. The number of halogens is 1. The Morgan fingerprint density at radius 1 is 1.13 bits per heavy atom. The first-order valence-corrected chi connectivity index (χ1v) is 10.4. The second-order valence-electron chi connectivity index (χ2n) is 7.43. The smallest absolute Gasteiger partial charge is 0.316 e. The Bertz CT molecular complexity index is 1210. The Balaban J connectivity index is 1.36. The summed E-state index contributed by atoms with van der Waals surface area (Å²) in [5.74, 6) is 0.609. The summed E-state index contributed by atoms with van der Waals surface area (Å²) in [5.41, 5.74) is 2.23. The lowest BCUT2D eigenvalue weighted by molar-refractivity contribution is 0.0516. The van der Waals surface area contributed by atoms with Crippen LogP contribution in [0.25, 0.3) is 22.2 Å². The number of likely N-dealkylation sites (tertiary alicyclic amines) is 1. The Hall–Kier alpha value is -3.45. The number of ether oxygens (including phenoxy) is 1. The van der Waals surface area contributed by atoms with Crippen LogP contribution in [0.3, 0.4) is 0 Å². The maximum Gasteiger partial charge on any atom is 0.316 e. The summed E-state index contributed by atoms with van der Waals surface area (Å²) in [6.45, 7) is 1.14. The molecule has 1 fully saturated rings. The molecule has 1 aliphatic heterocycles. The summed E-state index contributed by atoms with van der Waals surface area (Å²) in [6.07, 6.45) is 4.49. The van der Waals surface area contributed by atoms with E-state index >= 15 is 0 Å². The van der Waals surface area contributed by atoms with Crippen LogP contribution in [0.5, 0.6) is 6.01 Å². The monoisotopic (exact) mass is 434 g/mol. The molecule has 4 aromatic rings. The van der Waals surface area contributed by atoms with Crippen LogP contribution in [0.2, 0.25) is 5.02 Å². The summed E-state index contributed by atoms with van der Waals surface area (Å²) in [7, 11) is 0. The molecule has 1 saturated heterocycles. The van der Waals surface area contributed by atoms with Gasteiger partial charge in [0.25, 0.3) is 5.91 Å². The SMILES string of the molecule is O=C(c1ccc2noc(-c3ccccc3)c2c1)N1CCCC(Oc2ncc(Cl)cn2)C1. The minimum absolute atomic E-state index is 0.0487. The van der Waals surface area contributed by atoms with Gasteiger partial charge in [0.15, 0.2) is 5.76 Å². The van der Waals surface area contributed by atoms with Crippen molar-refractivity contribution in [3.63, 3.8) is 0 Å². The lowest BCUT2D eigenvalue weighted by Crippen LogP contribution is -2.44. The first kappa shape index (κ1) is 19.5. The minimum atomic E-state index is -0.168. The third-order valence-electron chi connectivity index (χ3n) is 5.29. The minimum Gasteiger partial charge on any atom is -0.458 e. The lowest BCUT2D eigenvalue weighted by atomic mass is 10.0. The van der Waals surface area contributed by atoms with Gasteiger partial charge in [0.05, 0.1) is 29.3 Å². The first-order chi connectivity index (χ1) is 15.2. The molecule has 31 heavy (non-hydrogen) atoms. The van der Waals surface area contributed by atoms with Gasteiger partial charge in [-0.05, 0) is 31.0 Å². The summed E-state index contributed by atoms with van der Waals surface area (Å²) >= 11 is 5.83. The highest BCUT2D eigenvalue weighted by Crippen LogP contribution is 2.30. The molecular weight excluding hydrogens is 416 g/mol. The van der Waals surface area contributed by atoms with Crippen LogP contribution in [0.4, 0.5) is 0 Å². The fourth-order valence-corrected chi connectivity index (χ4v) is 3.88. The Labute approximate surface area is 183 Å². The predicted molar refractivity (Wildman–Crippen MR) is 116 cm³/mol. The van der Waals surface area contributed by atoms with E-state index in [0.717, 1.165) is 29.3 Å². The van der Waals surface area contributed by atoms with E-state index in [0.29, 0.717) is 29.4 Å². The Morgan fingerprint density at radius 2 is 1.94 bits per heavy atom. The molecule has 1 atom stereocenters. The molecule has 1 amide bonds. The van der Waals surface area contributed by atoms with Gasteiger partial charge in [-0.15, -0.1) is 0 Å². The van der Waals surface area contributed by atoms with E-state index in [9.17, 15) is 4.79 Å². The number of hydrogen-bond donors (Lipinski definition) is 0. The number of aromatic nitrogens is 3. The molecule has 0 saturated carbocycles. The Kier molecular flexibility index (Phi) is 5.26. The average Bonchev–Trinajstić information content (AvgIpc) is 3.24. The van der Waals surface area contributed by atoms with E-state index in [2.05, 4.69) is 15.1 Å². The second kappa shape index (κ2) is 8.35. The van der Waals surface area contributed by atoms with Crippen LogP contribution in [0.1, 0.15) is 23.2 Å². The molecule has 156 valence electrons. The van der Waals surface area contributed by atoms with E-state index in [1.165, 1.54) is 12.4 Å². The lowest BCUT2D eigenvalue weighted by Gasteiger charge is -2.32.